The number of benzene rings is 4. The van der Waals surface area contributed by atoms with Crippen molar-refractivity contribution in [1.82, 2.24) is 55.5 Å². The zero-order valence-corrected chi connectivity index (χ0v) is 44.5. The number of nitrogens with one attached hydrogen (secondary N) is 3. The van der Waals surface area contributed by atoms with Gasteiger partial charge in [-0.15, -0.1) is 34.0 Å². The molecule has 12 aromatic rings. The molecule has 378 valence electrons. The van der Waals surface area contributed by atoms with E-state index in [0.717, 1.165) is 75.7 Å². The number of pyridine rings is 2. The Bertz CT molecular complexity index is 3570. The number of aromatic amines is 3. The van der Waals surface area contributed by atoms with Crippen LogP contribution in [0.3, 0.4) is 0 Å². The van der Waals surface area contributed by atoms with Gasteiger partial charge in [0.2, 0.25) is 0 Å². The highest BCUT2D eigenvalue weighted by Gasteiger charge is 2.40. The highest BCUT2D eigenvalue weighted by molar-refractivity contribution is 7.10. The maximum atomic E-state index is 4.62. The average molecular weight is 1070 g/mol. The Hall–Kier alpha value is -9.08. The maximum Gasteiger partial charge on any atom is 0.118 e. The van der Waals surface area contributed by atoms with Crippen molar-refractivity contribution in [3.63, 3.8) is 0 Å². The van der Waals surface area contributed by atoms with Crippen LogP contribution in [0, 0.1) is 0 Å². The quantitative estimate of drug-likeness (QED) is 0.129. The van der Waals surface area contributed by atoms with Gasteiger partial charge in [0.1, 0.15) is 11.4 Å². The Morgan fingerprint density at radius 1 is 0.359 bits per heavy atom. The van der Waals surface area contributed by atoms with Crippen molar-refractivity contribution >= 4 is 52.2 Å². The zero-order chi connectivity index (χ0) is 52.2. The second kappa shape index (κ2) is 21.2. The van der Waals surface area contributed by atoms with Crippen LogP contribution < -0.4 is 0 Å². The van der Waals surface area contributed by atoms with Gasteiger partial charge in [-0.1, -0.05) is 164 Å². The number of H-pyrrole nitrogens is 3. The summed E-state index contributed by atoms with van der Waals surface area (Å²) in [5.74, 6) is 0. The smallest absolute Gasteiger partial charge is 0.118 e. The number of rotatable bonds is 9. The van der Waals surface area contributed by atoms with Crippen LogP contribution >= 0.6 is 34.0 Å². The number of aromatic nitrogens is 11. The van der Waals surface area contributed by atoms with Gasteiger partial charge in [-0.25, -0.2) is 0 Å². The lowest BCUT2D eigenvalue weighted by molar-refractivity contribution is 0.631. The van der Waals surface area contributed by atoms with E-state index in [1.165, 1.54) is 42.6 Å². The molecule has 3 atom stereocenters. The lowest BCUT2D eigenvalue weighted by Crippen LogP contribution is -2.29. The van der Waals surface area contributed by atoms with Crippen LogP contribution in [-0.2, 0) is 35.5 Å². The normalized spacial score (nSPS) is 18.6. The molecule has 78 heavy (non-hydrogen) atoms. The summed E-state index contributed by atoms with van der Waals surface area (Å²) in [6.07, 6.45) is 27.4. The predicted octanol–water partition coefficient (Wildman–Crippen LogP) is 14.1. The molecule has 3 aliphatic rings. The zero-order valence-electron chi connectivity index (χ0n) is 42.0. The van der Waals surface area contributed by atoms with Crippen molar-refractivity contribution in [2.45, 2.75) is 35.5 Å². The Kier molecular flexibility index (Phi) is 13.2. The highest BCUT2D eigenvalue weighted by Crippen LogP contribution is 2.47. The minimum atomic E-state index is -0.219. The molecule has 8 aromatic heterocycles. The van der Waals surface area contributed by atoms with Crippen LogP contribution in [0.5, 0.6) is 0 Å². The fourth-order valence-corrected chi connectivity index (χ4v) is 13.6. The molecule has 0 aliphatic heterocycles. The molecule has 0 saturated heterocycles. The van der Waals surface area contributed by atoms with E-state index in [4.69, 9.17) is 0 Å². The number of allylic oxidation sites excluding steroid dienone is 3. The Labute approximate surface area is 463 Å². The lowest BCUT2D eigenvalue weighted by Gasteiger charge is -2.32. The molecule has 11 nitrogen and oxygen atoms in total. The molecule has 0 radical (unpaired) electrons. The van der Waals surface area contributed by atoms with Crippen LogP contribution in [-0.4, -0.2) is 55.5 Å². The van der Waals surface area contributed by atoms with E-state index in [1.54, 1.807) is 46.4 Å². The van der Waals surface area contributed by atoms with Crippen molar-refractivity contribution in [3.05, 3.63) is 289 Å². The molecular weight excluding hydrogens is 1020 g/mol. The van der Waals surface area contributed by atoms with Crippen molar-refractivity contribution < 1.29 is 0 Å². The minimum absolute atomic E-state index is 0.198. The van der Waals surface area contributed by atoms with Crippen LogP contribution in [0.4, 0.5) is 0 Å². The summed E-state index contributed by atoms with van der Waals surface area (Å²) in [6.45, 7) is 0. The fourth-order valence-electron chi connectivity index (χ4n) is 11.1. The predicted molar refractivity (Wildman–Crippen MR) is 314 cm³/mol. The van der Waals surface area contributed by atoms with Crippen molar-refractivity contribution in [2.24, 2.45) is 0 Å². The molecule has 0 fully saturated rings. The summed E-state index contributed by atoms with van der Waals surface area (Å²) in [5.41, 5.74) is 21.7. The molecule has 0 spiro atoms. The first-order valence-electron chi connectivity index (χ1n) is 25.6. The van der Waals surface area contributed by atoms with Crippen molar-refractivity contribution in [2.75, 3.05) is 0 Å². The molecule has 8 heterocycles. The summed E-state index contributed by atoms with van der Waals surface area (Å²) in [6, 6.07) is 52.1. The van der Waals surface area contributed by atoms with Gasteiger partial charge in [0.15, 0.2) is 0 Å². The number of fused-ring (bicyclic) bond motifs is 3. The molecular formula is C64H49N11S3. The summed E-state index contributed by atoms with van der Waals surface area (Å²) in [4.78, 5) is 25.4. The van der Waals surface area contributed by atoms with E-state index in [0.29, 0.717) is 0 Å². The molecule has 3 aliphatic carbocycles. The SMILES string of the molecule is C1=CC(c2ccccc2)(c2cncs2)Cc2[nH]nc(-c3ccccc3)c21.C1=CC(c2ccccc2)(c2cncs2)Cc2[nH]nc(-c3ccccn3)c21.C1=CC(c2ccccc2)(c2cncs2)Cc2[nH]nc(-c3cccnc3)c21. The lowest BCUT2D eigenvalue weighted by atomic mass is 9.72. The molecule has 14 heteroatoms. The van der Waals surface area contributed by atoms with E-state index in [-0.39, 0.29) is 16.2 Å². The van der Waals surface area contributed by atoms with Crippen LogP contribution in [0.1, 0.15) is 65.1 Å². The first-order valence-corrected chi connectivity index (χ1v) is 28.2. The molecule has 4 aromatic carbocycles. The monoisotopic (exact) mass is 1070 g/mol. The molecule has 0 bridgehead atoms. The van der Waals surface area contributed by atoms with Gasteiger partial charge in [-0.2, -0.15) is 15.3 Å². The van der Waals surface area contributed by atoms with Gasteiger partial charge in [0, 0.05) is 116 Å². The summed E-state index contributed by atoms with van der Waals surface area (Å²) in [5, 5.41) is 23.6. The first kappa shape index (κ1) is 48.6. The van der Waals surface area contributed by atoms with E-state index in [9.17, 15) is 0 Å². The van der Waals surface area contributed by atoms with Gasteiger partial charge in [-0.3, -0.25) is 40.2 Å². The molecule has 15 rings (SSSR count). The second-order valence-corrected chi connectivity index (χ2v) is 22.0. The van der Waals surface area contributed by atoms with Crippen LogP contribution in [0.15, 0.2) is 224 Å². The average Bonchev–Trinajstić information content (AvgIpc) is 4.55. The van der Waals surface area contributed by atoms with E-state index in [1.807, 2.05) is 77.7 Å². The second-order valence-electron chi connectivity index (χ2n) is 19.4. The van der Waals surface area contributed by atoms with E-state index in [2.05, 4.69) is 207 Å². The van der Waals surface area contributed by atoms with Crippen LogP contribution in [0.2, 0.25) is 0 Å². The third-order valence-corrected chi connectivity index (χ3v) is 17.8. The number of hydrogen-bond acceptors (Lipinski definition) is 11. The largest absolute Gasteiger partial charge is 0.281 e. The Morgan fingerprint density at radius 2 is 0.756 bits per heavy atom. The first-order chi connectivity index (χ1) is 38.6. The highest BCUT2D eigenvalue weighted by atomic mass is 32.1. The molecule has 0 amide bonds. The van der Waals surface area contributed by atoms with Crippen LogP contribution in [0.25, 0.3) is 52.1 Å². The molecule has 3 unspecified atom stereocenters. The number of thiazole rings is 3. The van der Waals surface area contributed by atoms with E-state index < -0.39 is 0 Å². The summed E-state index contributed by atoms with van der Waals surface area (Å²) >= 11 is 5.09. The summed E-state index contributed by atoms with van der Waals surface area (Å²) < 4.78 is 0. The number of nitrogens with zero attached hydrogens (tertiary/aromatic N) is 8. The van der Waals surface area contributed by atoms with Crippen molar-refractivity contribution in [3.8, 4) is 33.9 Å². The maximum absolute atomic E-state index is 4.62. The van der Waals surface area contributed by atoms with Gasteiger partial charge >= 0.3 is 0 Å². The number of hydrogen-bond donors (Lipinski definition) is 3. The topological polar surface area (TPSA) is 150 Å². The van der Waals surface area contributed by atoms with Gasteiger partial charge in [0.25, 0.3) is 0 Å². The van der Waals surface area contributed by atoms with E-state index >= 15 is 0 Å². The minimum Gasteiger partial charge on any atom is -0.281 e. The third-order valence-electron chi connectivity index (χ3n) is 15.0. The van der Waals surface area contributed by atoms with Gasteiger partial charge < -0.3 is 0 Å². The standard InChI is InChI=1S/C22H17N3S.2C21H16N4S/c1-3-7-16(8-4-1)21-18-11-12-22(13-19(18)24-25-21,20-14-23-15-26-20)17-9-5-2-6-10-17;1-2-6-16(7-3-1)21(19-13-23-14-26-19)9-8-17-18(11-21)24-25-20(17)15-5-4-10-22-12-15;1-2-6-15(7-3-1)21(19-13-22-14-26-19)10-9-16-18(12-21)24-25-20(16)17-8-4-5-11-23-17/h1-12,14-15H,13H2,(H,24,25);1-10,12-14H,11H2,(H,24,25);1-11,13-14H,12H2,(H,24,25). The Balaban J connectivity index is 0.000000111. The van der Waals surface area contributed by atoms with Gasteiger partial charge in [0.05, 0.1) is 44.2 Å². The summed E-state index contributed by atoms with van der Waals surface area (Å²) in [7, 11) is 0. The van der Waals surface area contributed by atoms with Crippen molar-refractivity contribution in [1.29, 1.82) is 0 Å². The fraction of sp³-hybridized carbons (Fsp3) is 0.0938. The third kappa shape index (κ3) is 8.98. The molecule has 0 saturated carbocycles. The van der Waals surface area contributed by atoms with Gasteiger partial charge in [-0.05, 0) is 41.0 Å². The Morgan fingerprint density at radius 3 is 1.15 bits per heavy atom. The molecule has 3 N–H and O–H groups in total.